The SMILES string of the molecule is O=C1Nc2ccc(-c3cccs3)cc2C(=O)N2CCC(NS(=O)(=O)c3ccc(Cl)cc3)CC12. The predicted molar refractivity (Wildman–Crippen MR) is 128 cm³/mol. The molecule has 0 bridgehead atoms. The van der Waals surface area contributed by atoms with Gasteiger partial charge in [-0.15, -0.1) is 11.3 Å². The van der Waals surface area contributed by atoms with Crippen molar-refractivity contribution in [1.29, 1.82) is 0 Å². The molecule has 2 aromatic carbocycles. The highest BCUT2D eigenvalue weighted by Gasteiger charge is 2.41. The molecule has 3 heterocycles. The molecule has 1 aromatic heterocycles. The lowest BCUT2D eigenvalue weighted by atomic mass is 9.97. The standard InChI is InChI=1S/C23H20ClN3O4S2/c24-15-4-6-17(7-5-15)33(30,31)26-16-9-10-27-20(13-16)22(28)25-19-8-3-14(12-18(19)23(27)29)21-2-1-11-32-21/h1-8,11-12,16,20,26H,9-10,13H2,(H,25,28). The van der Waals surface area contributed by atoms with E-state index in [1.54, 1.807) is 22.3 Å². The zero-order chi connectivity index (χ0) is 23.2. The highest BCUT2D eigenvalue weighted by Crippen LogP contribution is 2.33. The minimum Gasteiger partial charge on any atom is -0.326 e. The maximum absolute atomic E-state index is 13.4. The first kappa shape index (κ1) is 22.1. The molecule has 3 aromatic rings. The van der Waals surface area contributed by atoms with Crippen molar-refractivity contribution in [1.82, 2.24) is 9.62 Å². The zero-order valence-corrected chi connectivity index (χ0v) is 19.7. The van der Waals surface area contributed by atoms with Crippen LogP contribution in [0.25, 0.3) is 10.4 Å². The quantitative estimate of drug-likeness (QED) is 0.565. The van der Waals surface area contributed by atoms with Crippen molar-refractivity contribution in [2.24, 2.45) is 0 Å². The van der Waals surface area contributed by atoms with E-state index in [2.05, 4.69) is 10.0 Å². The second-order valence-corrected chi connectivity index (χ2v) is 11.1. The maximum Gasteiger partial charge on any atom is 0.256 e. The zero-order valence-electron chi connectivity index (χ0n) is 17.3. The van der Waals surface area contributed by atoms with Crippen molar-refractivity contribution >= 4 is 50.5 Å². The summed E-state index contributed by atoms with van der Waals surface area (Å²) in [6, 6.07) is 14.0. The van der Waals surface area contributed by atoms with Crippen LogP contribution in [0.4, 0.5) is 5.69 Å². The number of benzene rings is 2. The molecule has 1 saturated heterocycles. The molecule has 7 nitrogen and oxygen atoms in total. The lowest BCUT2D eigenvalue weighted by Crippen LogP contribution is -2.54. The summed E-state index contributed by atoms with van der Waals surface area (Å²) >= 11 is 7.43. The van der Waals surface area contributed by atoms with E-state index < -0.39 is 22.1 Å². The molecule has 2 aliphatic rings. The molecule has 0 aliphatic carbocycles. The third-order valence-electron chi connectivity index (χ3n) is 5.93. The van der Waals surface area contributed by atoms with Gasteiger partial charge in [0.15, 0.2) is 0 Å². The van der Waals surface area contributed by atoms with Crippen LogP contribution >= 0.6 is 22.9 Å². The first-order valence-corrected chi connectivity index (χ1v) is 13.1. The second kappa shape index (κ2) is 8.57. The highest BCUT2D eigenvalue weighted by molar-refractivity contribution is 7.89. The van der Waals surface area contributed by atoms with Crippen molar-refractivity contribution in [3.8, 4) is 10.4 Å². The summed E-state index contributed by atoms with van der Waals surface area (Å²) in [5.41, 5.74) is 1.82. The van der Waals surface area contributed by atoms with Gasteiger partial charge >= 0.3 is 0 Å². The van der Waals surface area contributed by atoms with Gasteiger partial charge in [-0.1, -0.05) is 23.7 Å². The minimum absolute atomic E-state index is 0.101. The molecule has 2 atom stereocenters. The number of rotatable bonds is 4. The minimum atomic E-state index is -3.78. The van der Waals surface area contributed by atoms with Crippen molar-refractivity contribution in [3.05, 3.63) is 70.6 Å². The van der Waals surface area contributed by atoms with Gasteiger partial charge in [-0.05, 0) is 66.2 Å². The Hall–Kier alpha value is -2.72. The van der Waals surface area contributed by atoms with Gasteiger partial charge in [-0.3, -0.25) is 9.59 Å². The average Bonchev–Trinajstić information content (AvgIpc) is 3.31. The fourth-order valence-corrected chi connectivity index (χ4v) is 6.40. The number of hydrogen-bond donors (Lipinski definition) is 2. The van der Waals surface area contributed by atoms with E-state index in [9.17, 15) is 18.0 Å². The summed E-state index contributed by atoms with van der Waals surface area (Å²) < 4.78 is 28.2. The van der Waals surface area contributed by atoms with E-state index in [1.165, 1.54) is 24.3 Å². The lowest BCUT2D eigenvalue weighted by Gasteiger charge is -2.37. The van der Waals surface area contributed by atoms with Crippen LogP contribution in [0.15, 0.2) is 64.9 Å². The van der Waals surface area contributed by atoms with E-state index in [0.29, 0.717) is 22.7 Å². The van der Waals surface area contributed by atoms with Crippen LogP contribution in [0.2, 0.25) is 5.02 Å². The number of carbonyl (C=O) groups excluding carboxylic acids is 2. The summed E-state index contributed by atoms with van der Waals surface area (Å²) in [5.74, 6) is -0.549. The Bertz CT molecular complexity index is 1320. The number of nitrogens with one attached hydrogen (secondary N) is 2. The molecule has 10 heteroatoms. The maximum atomic E-state index is 13.4. The van der Waals surface area contributed by atoms with E-state index >= 15 is 0 Å². The van der Waals surface area contributed by atoms with Gasteiger partial charge in [0.05, 0.1) is 16.1 Å². The van der Waals surface area contributed by atoms with Crippen LogP contribution in [-0.2, 0) is 14.8 Å². The van der Waals surface area contributed by atoms with Crippen LogP contribution in [0.5, 0.6) is 0 Å². The lowest BCUT2D eigenvalue weighted by molar-refractivity contribution is -0.121. The number of nitrogens with zero attached hydrogens (tertiary/aromatic N) is 1. The Balaban J connectivity index is 1.38. The molecule has 5 rings (SSSR count). The first-order valence-electron chi connectivity index (χ1n) is 10.4. The molecular weight excluding hydrogens is 482 g/mol. The molecule has 1 fully saturated rings. The molecule has 2 unspecified atom stereocenters. The molecule has 2 amide bonds. The summed E-state index contributed by atoms with van der Waals surface area (Å²) in [7, 11) is -3.78. The monoisotopic (exact) mass is 501 g/mol. The fraction of sp³-hybridized carbons (Fsp3) is 0.217. The molecule has 33 heavy (non-hydrogen) atoms. The third kappa shape index (κ3) is 4.29. The van der Waals surface area contributed by atoms with Gasteiger partial charge in [0.25, 0.3) is 5.91 Å². The Kier molecular flexibility index (Phi) is 5.74. The Labute approximate surface area is 200 Å². The Morgan fingerprint density at radius 1 is 1.09 bits per heavy atom. The van der Waals surface area contributed by atoms with Gasteiger partial charge in [0, 0.05) is 22.5 Å². The average molecular weight is 502 g/mol. The summed E-state index contributed by atoms with van der Waals surface area (Å²) in [6.07, 6.45) is 0.596. The van der Waals surface area contributed by atoms with Gasteiger partial charge in [0.1, 0.15) is 6.04 Å². The molecule has 0 radical (unpaired) electrons. The number of sulfonamides is 1. The number of carbonyl (C=O) groups is 2. The van der Waals surface area contributed by atoms with E-state index in [4.69, 9.17) is 11.6 Å². The van der Waals surface area contributed by atoms with Crippen molar-refractivity contribution in [2.45, 2.75) is 29.8 Å². The first-order chi connectivity index (χ1) is 15.8. The van der Waals surface area contributed by atoms with E-state index in [1.807, 2.05) is 29.6 Å². The smallest absolute Gasteiger partial charge is 0.256 e. The largest absolute Gasteiger partial charge is 0.326 e. The van der Waals surface area contributed by atoms with Gasteiger partial charge in [-0.2, -0.15) is 0 Å². The molecule has 170 valence electrons. The van der Waals surface area contributed by atoms with E-state index in [-0.39, 0.29) is 29.7 Å². The molecule has 2 N–H and O–H groups in total. The number of anilines is 1. The Morgan fingerprint density at radius 2 is 1.88 bits per heavy atom. The van der Waals surface area contributed by atoms with Gasteiger partial charge < -0.3 is 10.2 Å². The normalized spacial score (nSPS) is 20.6. The van der Waals surface area contributed by atoms with Crippen LogP contribution < -0.4 is 10.0 Å². The van der Waals surface area contributed by atoms with Crippen LogP contribution in [0.3, 0.4) is 0 Å². The van der Waals surface area contributed by atoms with Crippen molar-refractivity contribution in [2.75, 3.05) is 11.9 Å². The Morgan fingerprint density at radius 3 is 2.61 bits per heavy atom. The topological polar surface area (TPSA) is 95.6 Å². The molecule has 0 spiro atoms. The van der Waals surface area contributed by atoms with Crippen LogP contribution in [0.1, 0.15) is 23.2 Å². The van der Waals surface area contributed by atoms with Crippen molar-refractivity contribution in [3.63, 3.8) is 0 Å². The number of amides is 2. The van der Waals surface area contributed by atoms with Gasteiger partial charge in [0.2, 0.25) is 15.9 Å². The summed E-state index contributed by atoms with van der Waals surface area (Å²) in [4.78, 5) is 29.0. The number of thiophene rings is 1. The third-order valence-corrected chi connectivity index (χ3v) is 8.63. The molecule has 2 aliphatic heterocycles. The van der Waals surface area contributed by atoms with Crippen molar-refractivity contribution < 1.29 is 18.0 Å². The number of halogens is 1. The van der Waals surface area contributed by atoms with Crippen LogP contribution in [-0.4, -0.2) is 43.8 Å². The number of fused-ring (bicyclic) bond motifs is 2. The van der Waals surface area contributed by atoms with E-state index in [0.717, 1.165) is 10.4 Å². The number of hydrogen-bond acceptors (Lipinski definition) is 5. The summed E-state index contributed by atoms with van der Waals surface area (Å²) in [6.45, 7) is 0.271. The van der Waals surface area contributed by atoms with Crippen LogP contribution in [0, 0.1) is 0 Å². The number of piperidine rings is 1. The molecular formula is C23H20ClN3O4S2. The fourth-order valence-electron chi connectivity index (χ4n) is 4.26. The molecule has 0 saturated carbocycles. The second-order valence-electron chi connectivity index (χ2n) is 8.04. The predicted octanol–water partition coefficient (Wildman–Crippen LogP) is 3.97. The van der Waals surface area contributed by atoms with Gasteiger partial charge in [-0.25, -0.2) is 13.1 Å². The summed E-state index contributed by atoms with van der Waals surface area (Å²) in [5, 5.41) is 5.27. The highest BCUT2D eigenvalue weighted by atomic mass is 35.5.